The molecule has 1 heterocycles. The summed E-state index contributed by atoms with van der Waals surface area (Å²) in [6.45, 7) is 8.83. The number of ether oxygens (including phenoxy) is 1. The van der Waals surface area contributed by atoms with Gasteiger partial charge in [0.25, 0.3) is 0 Å². The zero-order valence-electron chi connectivity index (χ0n) is 18.0. The summed E-state index contributed by atoms with van der Waals surface area (Å²) in [6, 6.07) is 15.8. The minimum absolute atomic E-state index is 0.0908. The molecule has 0 fully saturated rings. The van der Waals surface area contributed by atoms with Gasteiger partial charge in [-0.15, -0.1) is 16.8 Å². The molecule has 2 aromatic carbocycles. The lowest BCUT2D eigenvalue weighted by Gasteiger charge is -2.10. The maximum atomic E-state index is 12.3. The molecule has 7 heteroatoms. The van der Waals surface area contributed by atoms with Crippen LogP contribution in [-0.4, -0.2) is 26.4 Å². The van der Waals surface area contributed by atoms with E-state index in [1.165, 1.54) is 17.3 Å². The van der Waals surface area contributed by atoms with Crippen molar-refractivity contribution in [1.29, 1.82) is 0 Å². The molecule has 0 bridgehead atoms. The van der Waals surface area contributed by atoms with E-state index >= 15 is 0 Å². The summed E-state index contributed by atoms with van der Waals surface area (Å²) >= 11 is 1.34. The summed E-state index contributed by atoms with van der Waals surface area (Å²) in [7, 11) is 0. The van der Waals surface area contributed by atoms with Crippen LogP contribution in [0.25, 0.3) is 0 Å². The summed E-state index contributed by atoms with van der Waals surface area (Å²) in [5.41, 5.74) is 3.23. The van der Waals surface area contributed by atoms with Crippen LogP contribution < -0.4 is 10.1 Å². The predicted octanol–water partition coefficient (Wildman–Crippen LogP) is 5.03. The Morgan fingerprint density at radius 1 is 1.16 bits per heavy atom. The molecule has 0 saturated heterocycles. The van der Waals surface area contributed by atoms with Gasteiger partial charge >= 0.3 is 0 Å². The van der Waals surface area contributed by atoms with Crippen molar-refractivity contribution in [1.82, 2.24) is 14.8 Å². The molecule has 31 heavy (non-hydrogen) atoms. The smallest absolute Gasteiger partial charge is 0.234 e. The van der Waals surface area contributed by atoms with Gasteiger partial charge in [0.05, 0.1) is 5.75 Å². The maximum absolute atomic E-state index is 12.3. The van der Waals surface area contributed by atoms with Crippen molar-refractivity contribution in [2.45, 2.75) is 45.0 Å². The molecule has 0 saturated carbocycles. The number of anilines is 1. The van der Waals surface area contributed by atoms with Gasteiger partial charge < -0.3 is 10.1 Å². The third-order valence-electron chi connectivity index (χ3n) is 4.60. The average Bonchev–Trinajstić information content (AvgIpc) is 3.15. The first-order valence-corrected chi connectivity index (χ1v) is 11.3. The molecule has 1 amide bonds. The first-order valence-electron chi connectivity index (χ1n) is 10.3. The Hall–Kier alpha value is -3.06. The van der Waals surface area contributed by atoms with Crippen LogP contribution in [0.1, 0.15) is 30.3 Å². The Kier molecular flexibility index (Phi) is 8.29. The molecule has 0 aliphatic carbocycles. The highest BCUT2D eigenvalue weighted by Gasteiger charge is 2.14. The number of allylic oxidation sites excluding steroid dienone is 1. The quantitative estimate of drug-likeness (QED) is 0.337. The number of aromatic nitrogens is 3. The summed E-state index contributed by atoms with van der Waals surface area (Å²) in [5, 5.41) is 12.1. The van der Waals surface area contributed by atoms with Crippen LogP contribution in [0.15, 0.2) is 66.3 Å². The van der Waals surface area contributed by atoms with Crippen LogP contribution in [0, 0.1) is 6.92 Å². The first-order chi connectivity index (χ1) is 15.1. The van der Waals surface area contributed by atoms with Crippen LogP contribution in [0.4, 0.5) is 5.69 Å². The maximum Gasteiger partial charge on any atom is 0.234 e. The van der Waals surface area contributed by atoms with E-state index in [2.05, 4.69) is 41.1 Å². The molecule has 1 aromatic heterocycles. The Bertz CT molecular complexity index is 997. The summed E-state index contributed by atoms with van der Waals surface area (Å²) in [6.07, 6.45) is 3.96. The molecule has 1 N–H and O–H groups in total. The minimum Gasteiger partial charge on any atom is -0.486 e. The molecule has 6 nitrogen and oxygen atoms in total. The highest BCUT2D eigenvalue weighted by Crippen LogP contribution is 2.20. The van der Waals surface area contributed by atoms with E-state index in [1.807, 2.05) is 47.9 Å². The summed E-state index contributed by atoms with van der Waals surface area (Å²) in [5.74, 6) is 1.63. The van der Waals surface area contributed by atoms with Gasteiger partial charge in [0.15, 0.2) is 11.0 Å². The zero-order chi connectivity index (χ0) is 22.1. The van der Waals surface area contributed by atoms with Crippen molar-refractivity contribution in [3.05, 3.63) is 78.1 Å². The number of carbonyl (C=O) groups excluding carboxylic acids is 1. The Morgan fingerprint density at radius 3 is 2.58 bits per heavy atom. The predicted molar refractivity (Wildman–Crippen MR) is 126 cm³/mol. The lowest BCUT2D eigenvalue weighted by atomic mass is 10.1. The number of benzene rings is 2. The van der Waals surface area contributed by atoms with Gasteiger partial charge in [-0.3, -0.25) is 9.36 Å². The van der Waals surface area contributed by atoms with Gasteiger partial charge in [-0.05, 0) is 43.2 Å². The fraction of sp³-hybridized carbons (Fsp3) is 0.292. The van der Waals surface area contributed by atoms with E-state index in [9.17, 15) is 4.79 Å². The molecule has 0 aliphatic heterocycles. The first kappa shape index (κ1) is 22.6. The molecule has 0 aliphatic rings. The number of rotatable bonds is 11. The number of nitrogens with one attached hydrogen (secondary N) is 1. The normalized spacial score (nSPS) is 10.6. The number of hydrogen-bond donors (Lipinski definition) is 1. The highest BCUT2D eigenvalue weighted by molar-refractivity contribution is 7.99. The molecule has 162 valence electrons. The van der Waals surface area contributed by atoms with Crippen LogP contribution >= 0.6 is 11.8 Å². The number of carbonyl (C=O) groups is 1. The second kappa shape index (κ2) is 11.4. The van der Waals surface area contributed by atoms with Crippen LogP contribution in [0.2, 0.25) is 0 Å². The van der Waals surface area contributed by atoms with Gasteiger partial charge in [0.2, 0.25) is 5.91 Å². The van der Waals surface area contributed by atoms with E-state index in [-0.39, 0.29) is 11.7 Å². The Labute approximate surface area is 187 Å². The second-order valence-electron chi connectivity index (χ2n) is 7.18. The zero-order valence-corrected chi connectivity index (χ0v) is 18.8. The molecule has 0 radical (unpaired) electrons. The highest BCUT2D eigenvalue weighted by atomic mass is 32.2. The van der Waals surface area contributed by atoms with Gasteiger partial charge in [0.1, 0.15) is 12.4 Å². The van der Waals surface area contributed by atoms with Gasteiger partial charge in [-0.1, -0.05) is 61.0 Å². The van der Waals surface area contributed by atoms with Crippen molar-refractivity contribution < 1.29 is 9.53 Å². The van der Waals surface area contributed by atoms with Crippen molar-refractivity contribution in [2.24, 2.45) is 0 Å². The van der Waals surface area contributed by atoms with Crippen molar-refractivity contribution >= 4 is 23.4 Å². The SMILES string of the molecule is C=CCn1c(COc2ccc(CCC)cc2)nnc1SCC(=O)Nc1ccc(C)cc1. The van der Waals surface area contributed by atoms with Crippen molar-refractivity contribution in [2.75, 3.05) is 11.1 Å². The fourth-order valence-electron chi connectivity index (χ4n) is 3.00. The Morgan fingerprint density at radius 2 is 1.90 bits per heavy atom. The van der Waals surface area contributed by atoms with Gasteiger partial charge in [0, 0.05) is 12.2 Å². The third-order valence-corrected chi connectivity index (χ3v) is 5.57. The largest absolute Gasteiger partial charge is 0.486 e. The molecular weight excluding hydrogens is 408 g/mol. The van der Waals surface area contributed by atoms with Crippen LogP contribution in [0.5, 0.6) is 5.75 Å². The molecule has 3 rings (SSSR count). The molecular formula is C24H28N4O2S. The number of thioether (sulfide) groups is 1. The molecule has 0 spiro atoms. The summed E-state index contributed by atoms with van der Waals surface area (Å²) in [4.78, 5) is 12.3. The minimum atomic E-state index is -0.0908. The van der Waals surface area contributed by atoms with E-state index in [0.717, 1.165) is 29.8 Å². The lowest BCUT2D eigenvalue weighted by Crippen LogP contribution is -2.15. The van der Waals surface area contributed by atoms with Crippen LogP contribution in [-0.2, 0) is 24.4 Å². The van der Waals surface area contributed by atoms with E-state index in [0.29, 0.717) is 24.1 Å². The topological polar surface area (TPSA) is 69.0 Å². The number of aryl methyl sites for hydroxylation is 2. The molecule has 0 unspecified atom stereocenters. The van der Waals surface area contributed by atoms with Gasteiger partial charge in [-0.25, -0.2) is 0 Å². The molecule has 0 atom stereocenters. The monoisotopic (exact) mass is 436 g/mol. The molecule has 3 aromatic rings. The number of nitrogens with zero attached hydrogens (tertiary/aromatic N) is 3. The third kappa shape index (κ3) is 6.72. The van der Waals surface area contributed by atoms with E-state index in [1.54, 1.807) is 6.08 Å². The van der Waals surface area contributed by atoms with E-state index in [4.69, 9.17) is 4.74 Å². The van der Waals surface area contributed by atoms with E-state index < -0.39 is 0 Å². The van der Waals surface area contributed by atoms with Gasteiger partial charge in [-0.2, -0.15) is 0 Å². The number of hydrogen-bond acceptors (Lipinski definition) is 5. The second-order valence-corrected chi connectivity index (χ2v) is 8.13. The van der Waals surface area contributed by atoms with Crippen molar-refractivity contribution in [3.8, 4) is 5.75 Å². The Balaban J connectivity index is 1.58. The van der Waals surface area contributed by atoms with Crippen molar-refractivity contribution in [3.63, 3.8) is 0 Å². The number of amides is 1. The van der Waals surface area contributed by atoms with Crippen LogP contribution in [0.3, 0.4) is 0 Å². The average molecular weight is 437 g/mol. The fourth-order valence-corrected chi connectivity index (χ4v) is 3.76. The standard InChI is InChI=1S/C24H28N4O2S/c1-4-6-19-9-13-21(14-10-19)30-16-22-26-27-24(28(22)15-5-2)31-17-23(29)25-20-11-7-18(3)8-12-20/h5,7-14H,2,4,6,15-17H2,1,3H3,(H,25,29). The lowest BCUT2D eigenvalue weighted by molar-refractivity contribution is -0.113. The summed E-state index contributed by atoms with van der Waals surface area (Å²) < 4.78 is 7.81.